The molecule has 0 saturated carbocycles. The predicted octanol–water partition coefficient (Wildman–Crippen LogP) is 2.73. The highest BCUT2D eigenvalue weighted by Crippen LogP contribution is 2.48. The molecule has 1 heterocycles. The molecule has 2 heteroatoms. The molecule has 0 amide bonds. The van der Waals surface area contributed by atoms with E-state index >= 15 is 0 Å². The lowest BCUT2D eigenvalue weighted by Gasteiger charge is -2.50. The molecule has 1 aliphatic heterocycles. The zero-order valence-electron chi connectivity index (χ0n) is 10.0. The van der Waals surface area contributed by atoms with Crippen molar-refractivity contribution in [3.63, 3.8) is 0 Å². The third-order valence-corrected chi connectivity index (χ3v) is 4.02. The molecule has 0 aromatic carbocycles. The Bertz CT molecular complexity index is 316. The molecule has 0 N–H and O–H groups in total. The Hall–Kier alpha value is -0.630. The van der Waals surface area contributed by atoms with Crippen LogP contribution in [0.25, 0.3) is 0 Å². The Morgan fingerprint density at radius 1 is 1.33 bits per heavy atom. The lowest BCUT2D eigenvalue weighted by atomic mass is 9.62. The third-order valence-electron chi connectivity index (χ3n) is 4.02. The zero-order valence-corrected chi connectivity index (χ0v) is 10.0. The molecule has 1 fully saturated rings. The zero-order chi connectivity index (χ0) is 11.3. The van der Waals surface area contributed by atoms with Crippen LogP contribution in [-0.2, 0) is 9.53 Å². The summed E-state index contributed by atoms with van der Waals surface area (Å²) in [6.07, 6.45) is 6.10. The van der Waals surface area contributed by atoms with Crippen LogP contribution in [0.3, 0.4) is 0 Å². The Kier molecular flexibility index (Phi) is 2.30. The average molecular weight is 208 g/mol. The van der Waals surface area contributed by atoms with Gasteiger partial charge in [0.05, 0.1) is 6.10 Å². The first-order chi connectivity index (χ1) is 6.86. The van der Waals surface area contributed by atoms with Crippen LogP contribution >= 0.6 is 0 Å². The van der Waals surface area contributed by atoms with E-state index in [4.69, 9.17) is 4.74 Å². The molecule has 3 unspecified atom stereocenters. The van der Waals surface area contributed by atoms with Crippen LogP contribution in [0.1, 0.15) is 40.5 Å². The number of hydrogen-bond acceptors (Lipinski definition) is 2. The first-order valence-corrected chi connectivity index (χ1v) is 5.78. The summed E-state index contributed by atoms with van der Waals surface area (Å²) in [5, 5.41) is 0. The molecule has 2 aliphatic rings. The van der Waals surface area contributed by atoms with Gasteiger partial charge in [-0.05, 0) is 38.2 Å². The molecule has 84 valence electrons. The fourth-order valence-electron chi connectivity index (χ4n) is 3.12. The van der Waals surface area contributed by atoms with Crippen molar-refractivity contribution in [2.75, 3.05) is 0 Å². The van der Waals surface area contributed by atoms with Crippen LogP contribution in [0.2, 0.25) is 0 Å². The van der Waals surface area contributed by atoms with Crippen LogP contribution in [0.5, 0.6) is 0 Å². The maximum atomic E-state index is 12.0. The van der Waals surface area contributed by atoms with Crippen molar-refractivity contribution >= 4 is 5.78 Å². The highest BCUT2D eigenvalue weighted by molar-refractivity contribution is 5.98. The van der Waals surface area contributed by atoms with E-state index in [9.17, 15) is 4.79 Å². The van der Waals surface area contributed by atoms with Gasteiger partial charge in [-0.15, -0.1) is 0 Å². The summed E-state index contributed by atoms with van der Waals surface area (Å²) in [7, 11) is 0. The molecule has 0 aromatic heterocycles. The van der Waals surface area contributed by atoms with E-state index in [-0.39, 0.29) is 17.3 Å². The summed E-state index contributed by atoms with van der Waals surface area (Å²) < 4.78 is 5.92. The molecule has 2 rings (SSSR count). The minimum Gasteiger partial charge on any atom is -0.364 e. The minimum absolute atomic E-state index is 0.0722. The molecular formula is C13H20O2. The molecule has 2 nitrogen and oxygen atoms in total. The van der Waals surface area contributed by atoms with E-state index in [0.29, 0.717) is 5.92 Å². The fraction of sp³-hybridized carbons (Fsp3) is 0.769. The van der Waals surface area contributed by atoms with Gasteiger partial charge in [-0.2, -0.15) is 0 Å². The van der Waals surface area contributed by atoms with Gasteiger partial charge in [0.2, 0.25) is 0 Å². The number of rotatable bonds is 0. The molecule has 0 aromatic rings. The van der Waals surface area contributed by atoms with Gasteiger partial charge in [0, 0.05) is 5.92 Å². The Morgan fingerprint density at radius 2 is 2.00 bits per heavy atom. The van der Waals surface area contributed by atoms with E-state index in [0.717, 1.165) is 12.8 Å². The van der Waals surface area contributed by atoms with Crippen LogP contribution in [-0.4, -0.2) is 17.5 Å². The summed E-state index contributed by atoms with van der Waals surface area (Å²) >= 11 is 0. The van der Waals surface area contributed by atoms with E-state index < -0.39 is 5.60 Å². The van der Waals surface area contributed by atoms with Gasteiger partial charge in [-0.3, -0.25) is 4.79 Å². The Balaban J connectivity index is 2.40. The van der Waals surface area contributed by atoms with Crippen molar-refractivity contribution < 1.29 is 9.53 Å². The van der Waals surface area contributed by atoms with E-state index in [2.05, 4.69) is 20.8 Å². The molecule has 0 radical (unpaired) electrons. The fourth-order valence-corrected chi connectivity index (χ4v) is 3.12. The second kappa shape index (κ2) is 3.18. The largest absolute Gasteiger partial charge is 0.364 e. The van der Waals surface area contributed by atoms with Crippen molar-refractivity contribution in [3.8, 4) is 0 Å². The average Bonchev–Trinajstić information content (AvgIpc) is 2.11. The summed E-state index contributed by atoms with van der Waals surface area (Å²) in [4.78, 5) is 12.0. The van der Waals surface area contributed by atoms with Gasteiger partial charge in [0.25, 0.3) is 0 Å². The molecular weight excluding hydrogens is 188 g/mol. The molecule has 1 saturated heterocycles. The summed E-state index contributed by atoms with van der Waals surface area (Å²) in [6.45, 7) is 8.40. The Labute approximate surface area is 91.7 Å². The third kappa shape index (κ3) is 1.55. The highest BCUT2D eigenvalue weighted by Gasteiger charge is 2.52. The molecule has 1 aliphatic carbocycles. The van der Waals surface area contributed by atoms with Crippen molar-refractivity contribution in [1.29, 1.82) is 0 Å². The molecule has 0 spiro atoms. The first kappa shape index (κ1) is 10.9. The SMILES string of the molecule is CC1CCC2C(C)(C)C=CC(=O)C2(C)O1. The van der Waals surface area contributed by atoms with Gasteiger partial charge in [-0.25, -0.2) is 0 Å². The van der Waals surface area contributed by atoms with Crippen molar-refractivity contribution in [2.45, 2.75) is 52.2 Å². The van der Waals surface area contributed by atoms with E-state index in [1.54, 1.807) is 6.08 Å². The Morgan fingerprint density at radius 3 is 2.67 bits per heavy atom. The van der Waals surface area contributed by atoms with Gasteiger partial charge < -0.3 is 4.74 Å². The van der Waals surface area contributed by atoms with Crippen LogP contribution < -0.4 is 0 Å². The van der Waals surface area contributed by atoms with E-state index in [1.807, 2.05) is 13.0 Å². The van der Waals surface area contributed by atoms with Gasteiger partial charge in [0.15, 0.2) is 5.78 Å². The molecule has 3 atom stereocenters. The highest BCUT2D eigenvalue weighted by atomic mass is 16.5. The van der Waals surface area contributed by atoms with Crippen molar-refractivity contribution in [3.05, 3.63) is 12.2 Å². The minimum atomic E-state index is -0.587. The lowest BCUT2D eigenvalue weighted by molar-refractivity contribution is -0.180. The maximum absolute atomic E-state index is 12.0. The quantitative estimate of drug-likeness (QED) is 0.612. The number of carbonyl (C=O) groups is 1. The number of ketones is 1. The molecule has 15 heavy (non-hydrogen) atoms. The number of hydrogen-bond donors (Lipinski definition) is 0. The molecule has 0 bridgehead atoms. The lowest BCUT2D eigenvalue weighted by Crippen LogP contribution is -2.56. The number of fused-ring (bicyclic) bond motifs is 1. The van der Waals surface area contributed by atoms with Crippen molar-refractivity contribution in [2.24, 2.45) is 11.3 Å². The van der Waals surface area contributed by atoms with Crippen molar-refractivity contribution in [1.82, 2.24) is 0 Å². The van der Waals surface area contributed by atoms with Crippen LogP contribution in [0.15, 0.2) is 12.2 Å². The van der Waals surface area contributed by atoms with E-state index in [1.165, 1.54) is 0 Å². The number of carbonyl (C=O) groups excluding carboxylic acids is 1. The first-order valence-electron chi connectivity index (χ1n) is 5.78. The monoisotopic (exact) mass is 208 g/mol. The van der Waals surface area contributed by atoms with Gasteiger partial charge in [0.1, 0.15) is 5.60 Å². The van der Waals surface area contributed by atoms with Gasteiger partial charge in [-0.1, -0.05) is 19.9 Å². The number of ether oxygens (including phenoxy) is 1. The van der Waals surface area contributed by atoms with Crippen LogP contribution in [0.4, 0.5) is 0 Å². The maximum Gasteiger partial charge on any atom is 0.187 e. The summed E-state index contributed by atoms with van der Waals surface area (Å²) in [6, 6.07) is 0. The second-order valence-corrected chi connectivity index (χ2v) is 5.68. The summed E-state index contributed by atoms with van der Waals surface area (Å²) in [5.41, 5.74) is -0.515. The van der Waals surface area contributed by atoms with Crippen LogP contribution in [0, 0.1) is 11.3 Å². The second-order valence-electron chi connectivity index (χ2n) is 5.68. The standard InChI is InChI=1S/C13H20O2/c1-9-5-6-10-12(2,3)8-7-11(14)13(10,4)15-9/h7-10H,5-6H2,1-4H3. The topological polar surface area (TPSA) is 26.3 Å². The van der Waals surface area contributed by atoms with Gasteiger partial charge >= 0.3 is 0 Å². The normalized spacial score (nSPS) is 43.9. The summed E-state index contributed by atoms with van der Waals surface area (Å²) in [5.74, 6) is 0.456. The number of allylic oxidation sites excluding steroid dienone is 1. The predicted molar refractivity (Wildman–Crippen MR) is 59.6 cm³/mol. The smallest absolute Gasteiger partial charge is 0.187 e.